The van der Waals surface area contributed by atoms with Gasteiger partial charge in [-0.3, -0.25) is 4.79 Å². The summed E-state index contributed by atoms with van der Waals surface area (Å²) < 4.78 is 5.81. The molecule has 2 aromatic carbocycles. The number of rotatable bonds is 9. The van der Waals surface area contributed by atoms with Gasteiger partial charge in [0.05, 0.1) is 0 Å². The summed E-state index contributed by atoms with van der Waals surface area (Å²) >= 11 is 1.81. The predicted octanol–water partition coefficient (Wildman–Crippen LogP) is 4.07. The minimum Gasteiger partial charge on any atom is -0.481 e. The van der Waals surface area contributed by atoms with Gasteiger partial charge in [-0.1, -0.05) is 55.5 Å². The maximum Gasteiger partial charge on any atom is 0.260 e. The molecule has 4 heteroatoms. The van der Waals surface area contributed by atoms with Crippen LogP contribution < -0.4 is 10.1 Å². The lowest BCUT2D eigenvalue weighted by Gasteiger charge is -2.16. The zero-order chi connectivity index (χ0) is 17.2. The molecule has 1 N–H and O–H groups in total. The van der Waals surface area contributed by atoms with E-state index in [4.69, 9.17) is 4.74 Å². The highest BCUT2D eigenvalue weighted by Crippen LogP contribution is 2.19. The Kier molecular flexibility index (Phi) is 7.69. The highest BCUT2D eigenvalue weighted by molar-refractivity contribution is 7.98. The van der Waals surface area contributed by atoms with E-state index < -0.39 is 6.10 Å². The van der Waals surface area contributed by atoms with E-state index in [2.05, 4.69) is 24.4 Å². The summed E-state index contributed by atoms with van der Waals surface area (Å²) in [6.07, 6.45) is 0.400. The fourth-order valence-corrected chi connectivity index (χ4v) is 3.13. The van der Waals surface area contributed by atoms with Gasteiger partial charge in [-0.25, -0.2) is 0 Å². The van der Waals surface area contributed by atoms with Crippen molar-refractivity contribution in [2.45, 2.75) is 32.1 Å². The summed E-state index contributed by atoms with van der Waals surface area (Å²) in [6, 6.07) is 18.2. The Morgan fingerprint density at radius 3 is 2.58 bits per heavy atom. The molecule has 0 radical (unpaired) electrons. The van der Waals surface area contributed by atoms with E-state index in [-0.39, 0.29) is 5.91 Å². The van der Waals surface area contributed by atoms with Crippen LogP contribution in [0.4, 0.5) is 0 Å². The second-order valence-corrected chi connectivity index (χ2v) is 6.66. The van der Waals surface area contributed by atoms with Crippen molar-refractivity contribution in [3.63, 3.8) is 0 Å². The largest absolute Gasteiger partial charge is 0.481 e. The van der Waals surface area contributed by atoms with Gasteiger partial charge in [-0.05, 0) is 30.5 Å². The Labute approximate surface area is 148 Å². The van der Waals surface area contributed by atoms with Gasteiger partial charge in [0, 0.05) is 18.1 Å². The van der Waals surface area contributed by atoms with Gasteiger partial charge in [0.15, 0.2) is 6.10 Å². The highest BCUT2D eigenvalue weighted by Gasteiger charge is 2.15. The van der Waals surface area contributed by atoms with Crippen LogP contribution >= 0.6 is 11.8 Å². The van der Waals surface area contributed by atoms with Crippen molar-refractivity contribution in [3.8, 4) is 5.75 Å². The third-order valence-corrected chi connectivity index (χ3v) is 4.71. The predicted molar refractivity (Wildman–Crippen MR) is 102 cm³/mol. The van der Waals surface area contributed by atoms with Crippen molar-refractivity contribution in [3.05, 3.63) is 65.7 Å². The molecule has 0 aliphatic carbocycles. The fraction of sp³-hybridized carbons (Fsp3) is 0.350. The minimum absolute atomic E-state index is 0.0683. The molecule has 0 aromatic heterocycles. The summed E-state index contributed by atoms with van der Waals surface area (Å²) in [5.74, 6) is 2.58. The van der Waals surface area contributed by atoms with Crippen molar-refractivity contribution in [1.82, 2.24) is 5.32 Å². The number of nitrogens with one attached hydrogen (secondary N) is 1. The average Bonchev–Trinajstić information content (AvgIpc) is 2.62. The zero-order valence-corrected chi connectivity index (χ0v) is 15.1. The Bertz CT molecular complexity index is 631. The molecule has 0 aliphatic rings. The van der Waals surface area contributed by atoms with E-state index in [9.17, 15) is 4.79 Å². The third kappa shape index (κ3) is 5.93. The Balaban J connectivity index is 1.68. The van der Waals surface area contributed by atoms with Crippen molar-refractivity contribution in [2.24, 2.45) is 0 Å². The van der Waals surface area contributed by atoms with Crippen LogP contribution in [0.5, 0.6) is 5.75 Å². The van der Waals surface area contributed by atoms with E-state index in [0.29, 0.717) is 6.54 Å². The van der Waals surface area contributed by atoms with Crippen LogP contribution in [0.2, 0.25) is 0 Å². The molecule has 2 aromatic rings. The first-order valence-electron chi connectivity index (χ1n) is 8.34. The number of aryl methyl sites for hydroxylation is 1. The van der Waals surface area contributed by atoms with E-state index in [1.807, 2.05) is 54.2 Å². The number of carbonyl (C=O) groups excluding carboxylic acids is 1. The number of carbonyl (C=O) groups is 1. The van der Waals surface area contributed by atoms with E-state index in [0.717, 1.165) is 29.2 Å². The number of amides is 1. The topological polar surface area (TPSA) is 38.3 Å². The van der Waals surface area contributed by atoms with Crippen molar-refractivity contribution in [1.29, 1.82) is 0 Å². The number of benzene rings is 2. The van der Waals surface area contributed by atoms with E-state index in [1.165, 1.54) is 5.56 Å². The van der Waals surface area contributed by atoms with Crippen LogP contribution in [0.15, 0.2) is 54.6 Å². The van der Waals surface area contributed by atoms with Gasteiger partial charge in [0.2, 0.25) is 0 Å². The van der Waals surface area contributed by atoms with Gasteiger partial charge in [-0.2, -0.15) is 11.8 Å². The summed E-state index contributed by atoms with van der Waals surface area (Å²) in [6.45, 7) is 4.52. The maximum atomic E-state index is 12.1. The summed E-state index contributed by atoms with van der Waals surface area (Å²) in [5, 5.41) is 2.94. The first-order valence-corrected chi connectivity index (χ1v) is 9.50. The molecule has 0 saturated heterocycles. The molecule has 0 saturated carbocycles. The van der Waals surface area contributed by atoms with E-state index >= 15 is 0 Å². The van der Waals surface area contributed by atoms with Crippen molar-refractivity contribution < 1.29 is 9.53 Å². The Morgan fingerprint density at radius 2 is 1.83 bits per heavy atom. The lowest BCUT2D eigenvalue weighted by molar-refractivity contribution is -0.127. The Hall–Kier alpha value is -1.94. The van der Waals surface area contributed by atoms with Crippen LogP contribution in [0.1, 0.15) is 25.0 Å². The van der Waals surface area contributed by atoms with Crippen LogP contribution in [-0.2, 0) is 17.0 Å². The molecule has 0 spiro atoms. The molecule has 0 fully saturated rings. The number of para-hydroxylation sites is 1. The van der Waals surface area contributed by atoms with Crippen LogP contribution in [-0.4, -0.2) is 24.3 Å². The molecule has 0 bridgehead atoms. The molecular weight excluding hydrogens is 318 g/mol. The van der Waals surface area contributed by atoms with Crippen molar-refractivity contribution in [2.75, 3.05) is 12.3 Å². The number of hydrogen-bond acceptors (Lipinski definition) is 3. The smallest absolute Gasteiger partial charge is 0.260 e. The lowest BCUT2D eigenvalue weighted by atomic mass is 10.1. The quantitative estimate of drug-likeness (QED) is 0.698. The van der Waals surface area contributed by atoms with Crippen LogP contribution in [0, 0.1) is 0 Å². The lowest BCUT2D eigenvalue weighted by Crippen LogP contribution is -2.37. The van der Waals surface area contributed by atoms with E-state index in [1.54, 1.807) is 6.92 Å². The molecule has 0 heterocycles. The number of hydrogen-bond donors (Lipinski definition) is 1. The summed E-state index contributed by atoms with van der Waals surface area (Å²) in [5.41, 5.74) is 2.43. The zero-order valence-electron chi connectivity index (χ0n) is 14.3. The van der Waals surface area contributed by atoms with Gasteiger partial charge >= 0.3 is 0 Å². The molecule has 128 valence electrons. The molecular formula is C20H25NO2S. The second-order valence-electron chi connectivity index (χ2n) is 5.55. The van der Waals surface area contributed by atoms with Crippen LogP contribution in [0.3, 0.4) is 0 Å². The van der Waals surface area contributed by atoms with Gasteiger partial charge in [0.1, 0.15) is 5.75 Å². The van der Waals surface area contributed by atoms with Crippen molar-refractivity contribution >= 4 is 17.7 Å². The molecule has 24 heavy (non-hydrogen) atoms. The van der Waals surface area contributed by atoms with Crippen LogP contribution in [0.25, 0.3) is 0 Å². The highest BCUT2D eigenvalue weighted by atomic mass is 32.2. The monoisotopic (exact) mass is 343 g/mol. The normalized spacial score (nSPS) is 11.8. The third-order valence-electron chi connectivity index (χ3n) is 3.68. The molecule has 0 aliphatic heterocycles. The van der Waals surface area contributed by atoms with Gasteiger partial charge in [-0.15, -0.1) is 0 Å². The molecule has 0 unspecified atom stereocenters. The fourth-order valence-electron chi connectivity index (χ4n) is 2.31. The molecule has 1 atom stereocenters. The summed E-state index contributed by atoms with van der Waals surface area (Å²) in [7, 11) is 0. The molecule has 1 amide bonds. The summed E-state index contributed by atoms with van der Waals surface area (Å²) in [4.78, 5) is 12.1. The first kappa shape index (κ1) is 18.4. The van der Waals surface area contributed by atoms with Gasteiger partial charge in [0.25, 0.3) is 5.91 Å². The minimum atomic E-state index is -0.489. The standard InChI is InChI=1S/C20H25NO2S/c1-3-18-11-7-8-12-19(18)23-16(2)20(22)21-13-14-24-15-17-9-5-4-6-10-17/h4-12,16H,3,13-15H2,1-2H3,(H,21,22)/t16-/m1/s1. The number of ether oxygens (including phenoxy) is 1. The molecule has 3 nitrogen and oxygen atoms in total. The SMILES string of the molecule is CCc1ccccc1O[C@H](C)C(=O)NCCSCc1ccccc1. The van der Waals surface area contributed by atoms with Gasteiger partial charge < -0.3 is 10.1 Å². The number of thioether (sulfide) groups is 1. The maximum absolute atomic E-state index is 12.1. The Morgan fingerprint density at radius 1 is 1.12 bits per heavy atom. The first-order chi connectivity index (χ1) is 11.7. The average molecular weight is 343 g/mol. The second kappa shape index (κ2) is 10.0. The molecule has 2 rings (SSSR count).